The summed E-state index contributed by atoms with van der Waals surface area (Å²) in [5, 5.41) is 0. The number of hydrogen-bond acceptors (Lipinski definition) is 4. The highest BCUT2D eigenvalue weighted by molar-refractivity contribution is 6.04. The molecular weight excluding hydrogens is 308 g/mol. The second-order valence-corrected chi connectivity index (χ2v) is 6.09. The van der Waals surface area contributed by atoms with Crippen LogP contribution in [-0.2, 0) is 16.1 Å². The van der Waals surface area contributed by atoms with Gasteiger partial charge in [0.05, 0.1) is 0 Å². The van der Waals surface area contributed by atoms with E-state index in [1.54, 1.807) is 11.9 Å². The van der Waals surface area contributed by atoms with E-state index >= 15 is 0 Å². The summed E-state index contributed by atoms with van der Waals surface area (Å²) in [5.41, 5.74) is 2.09. The van der Waals surface area contributed by atoms with Crippen LogP contribution in [0.15, 0.2) is 24.3 Å². The second kappa shape index (κ2) is 7.33. The Labute approximate surface area is 142 Å². The Morgan fingerprint density at radius 3 is 2.25 bits per heavy atom. The standard InChI is InChI=1S/C17H24N4O3/c1-5-20(10-13-6-8-14(9-7-13)18(2)3)15(22)12-21-16(23)11-19(4)17(21)24/h6-9H,5,10-12H2,1-4H3. The van der Waals surface area contributed by atoms with Crippen molar-refractivity contribution >= 4 is 23.5 Å². The van der Waals surface area contributed by atoms with Gasteiger partial charge in [-0.1, -0.05) is 12.1 Å². The number of amides is 4. The van der Waals surface area contributed by atoms with E-state index in [-0.39, 0.29) is 24.9 Å². The molecular formula is C17H24N4O3. The van der Waals surface area contributed by atoms with E-state index in [0.717, 1.165) is 16.2 Å². The van der Waals surface area contributed by atoms with Crippen LogP contribution in [0.3, 0.4) is 0 Å². The lowest BCUT2D eigenvalue weighted by atomic mass is 10.2. The lowest BCUT2D eigenvalue weighted by molar-refractivity contribution is -0.136. The van der Waals surface area contributed by atoms with Crippen LogP contribution in [0.25, 0.3) is 0 Å². The summed E-state index contributed by atoms with van der Waals surface area (Å²) in [5.74, 6) is -0.562. The molecule has 0 unspecified atom stereocenters. The largest absolute Gasteiger partial charge is 0.378 e. The maximum atomic E-state index is 12.5. The van der Waals surface area contributed by atoms with Crippen molar-refractivity contribution in [3.8, 4) is 0 Å². The number of anilines is 1. The summed E-state index contributed by atoms with van der Waals surface area (Å²) >= 11 is 0. The van der Waals surface area contributed by atoms with Gasteiger partial charge < -0.3 is 14.7 Å². The van der Waals surface area contributed by atoms with Gasteiger partial charge >= 0.3 is 6.03 Å². The maximum absolute atomic E-state index is 12.5. The topological polar surface area (TPSA) is 64.2 Å². The van der Waals surface area contributed by atoms with Crippen LogP contribution in [0.4, 0.5) is 10.5 Å². The zero-order valence-electron chi connectivity index (χ0n) is 14.7. The predicted octanol–water partition coefficient (Wildman–Crippen LogP) is 0.995. The number of imide groups is 1. The first-order valence-corrected chi connectivity index (χ1v) is 7.93. The fraction of sp³-hybridized carbons (Fsp3) is 0.471. The number of carbonyl (C=O) groups is 3. The predicted molar refractivity (Wildman–Crippen MR) is 91.6 cm³/mol. The third kappa shape index (κ3) is 3.84. The Morgan fingerprint density at radius 2 is 1.79 bits per heavy atom. The van der Waals surface area contributed by atoms with Crippen molar-refractivity contribution in [1.29, 1.82) is 0 Å². The Balaban J connectivity index is 2.01. The van der Waals surface area contributed by atoms with Crippen LogP contribution >= 0.6 is 0 Å². The van der Waals surface area contributed by atoms with Gasteiger partial charge in [0.15, 0.2) is 0 Å². The second-order valence-electron chi connectivity index (χ2n) is 6.09. The van der Waals surface area contributed by atoms with Crippen LogP contribution in [0.5, 0.6) is 0 Å². The molecule has 1 heterocycles. The molecule has 0 radical (unpaired) electrons. The third-order valence-corrected chi connectivity index (χ3v) is 4.08. The number of nitrogens with zero attached hydrogens (tertiary/aromatic N) is 4. The van der Waals surface area contributed by atoms with E-state index in [9.17, 15) is 14.4 Å². The highest BCUT2D eigenvalue weighted by atomic mass is 16.2. The van der Waals surface area contributed by atoms with Crippen molar-refractivity contribution in [1.82, 2.24) is 14.7 Å². The van der Waals surface area contributed by atoms with Gasteiger partial charge in [-0.05, 0) is 24.6 Å². The minimum atomic E-state index is -0.417. The molecule has 1 aromatic carbocycles. The lowest BCUT2D eigenvalue weighted by Crippen LogP contribution is -2.42. The zero-order chi connectivity index (χ0) is 17.9. The van der Waals surface area contributed by atoms with E-state index in [1.807, 2.05) is 50.2 Å². The first-order valence-electron chi connectivity index (χ1n) is 7.93. The fourth-order valence-corrected chi connectivity index (χ4v) is 2.56. The molecule has 0 aromatic heterocycles. The molecule has 1 saturated heterocycles. The van der Waals surface area contributed by atoms with Gasteiger partial charge in [-0.2, -0.15) is 0 Å². The van der Waals surface area contributed by atoms with Crippen LogP contribution in [0, 0.1) is 0 Å². The van der Waals surface area contributed by atoms with E-state index in [4.69, 9.17) is 0 Å². The van der Waals surface area contributed by atoms with Crippen LogP contribution in [0.2, 0.25) is 0 Å². The Morgan fingerprint density at radius 1 is 1.17 bits per heavy atom. The van der Waals surface area contributed by atoms with Crippen molar-refractivity contribution in [3.63, 3.8) is 0 Å². The molecule has 2 rings (SSSR count). The minimum Gasteiger partial charge on any atom is -0.378 e. The molecule has 4 amide bonds. The molecule has 0 saturated carbocycles. The molecule has 7 heteroatoms. The lowest BCUT2D eigenvalue weighted by Gasteiger charge is -2.24. The minimum absolute atomic E-state index is 0.0320. The van der Waals surface area contributed by atoms with Gasteiger partial charge in [0.25, 0.3) is 5.91 Å². The third-order valence-electron chi connectivity index (χ3n) is 4.08. The highest BCUT2D eigenvalue weighted by Crippen LogP contribution is 2.14. The van der Waals surface area contributed by atoms with Gasteiger partial charge in [0.1, 0.15) is 13.1 Å². The monoisotopic (exact) mass is 332 g/mol. The first-order chi connectivity index (χ1) is 11.3. The van der Waals surface area contributed by atoms with E-state index < -0.39 is 6.03 Å². The molecule has 1 aromatic rings. The summed E-state index contributed by atoms with van der Waals surface area (Å²) in [6, 6.07) is 7.53. The maximum Gasteiger partial charge on any atom is 0.327 e. The molecule has 0 bridgehead atoms. The fourth-order valence-electron chi connectivity index (χ4n) is 2.56. The number of benzene rings is 1. The van der Waals surface area contributed by atoms with E-state index in [1.165, 1.54) is 4.90 Å². The SMILES string of the molecule is CCN(Cc1ccc(N(C)C)cc1)C(=O)CN1C(=O)CN(C)C1=O. The van der Waals surface area contributed by atoms with Gasteiger partial charge in [-0.15, -0.1) is 0 Å². The average Bonchev–Trinajstić information content (AvgIpc) is 2.79. The van der Waals surface area contributed by atoms with Gasteiger partial charge in [0.2, 0.25) is 5.91 Å². The zero-order valence-corrected chi connectivity index (χ0v) is 14.7. The first kappa shape index (κ1) is 17.8. The molecule has 130 valence electrons. The molecule has 1 aliphatic rings. The van der Waals surface area contributed by atoms with Crippen molar-refractivity contribution in [2.24, 2.45) is 0 Å². The normalized spacial score (nSPS) is 14.3. The molecule has 24 heavy (non-hydrogen) atoms. The summed E-state index contributed by atoms with van der Waals surface area (Å²) in [6.07, 6.45) is 0. The smallest absolute Gasteiger partial charge is 0.327 e. The average molecular weight is 332 g/mol. The van der Waals surface area contributed by atoms with E-state index in [0.29, 0.717) is 13.1 Å². The summed E-state index contributed by atoms with van der Waals surface area (Å²) in [6.45, 7) is 2.68. The molecule has 0 spiro atoms. The van der Waals surface area contributed by atoms with Gasteiger partial charge in [-0.25, -0.2) is 4.79 Å². The molecule has 1 fully saturated rings. The Bertz CT molecular complexity index is 627. The van der Waals surface area contributed by atoms with Crippen LogP contribution in [-0.4, -0.2) is 73.3 Å². The molecule has 0 N–H and O–H groups in total. The molecule has 0 aliphatic carbocycles. The van der Waals surface area contributed by atoms with Gasteiger partial charge in [0, 0.05) is 39.9 Å². The molecule has 0 atom stereocenters. The number of hydrogen-bond donors (Lipinski definition) is 0. The number of carbonyl (C=O) groups excluding carboxylic acids is 3. The Kier molecular flexibility index (Phi) is 5.43. The number of likely N-dealkylation sites (N-methyl/N-ethyl adjacent to an activating group) is 2. The number of urea groups is 1. The summed E-state index contributed by atoms with van der Waals surface area (Å²) < 4.78 is 0. The van der Waals surface area contributed by atoms with E-state index in [2.05, 4.69) is 0 Å². The quantitative estimate of drug-likeness (QED) is 0.729. The highest BCUT2D eigenvalue weighted by Gasteiger charge is 2.35. The summed E-state index contributed by atoms with van der Waals surface area (Å²) in [4.78, 5) is 42.1. The molecule has 1 aliphatic heterocycles. The van der Waals surface area contributed by atoms with Crippen molar-refractivity contribution in [3.05, 3.63) is 29.8 Å². The van der Waals surface area contributed by atoms with Crippen molar-refractivity contribution in [2.45, 2.75) is 13.5 Å². The van der Waals surface area contributed by atoms with Crippen LogP contribution in [0.1, 0.15) is 12.5 Å². The van der Waals surface area contributed by atoms with Gasteiger partial charge in [-0.3, -0.25) is 14.5 Å². The van der Waals surface area contributed by atoms with Crippen molar-refractivity contribution < 1.29 is 14.4 Å². The van der Waals surface area contributed by atoms with Crippen molar-refractivity contribution in [2.75, 3.05) is 45.7 Å². The Hall–Kier alpha value is -2.57. The summed E-state index contributed by atoms with van der Waals surface area (Å²) in [7, 11) is 5.49. The number of rotatable bonds is 6. The van der Waals surface area contributed by atoms with Crippen LogP contribution < -0.4 is 4.90 Å². The molecule has 7 nitrogen and oxygen atoms in total.